The third-order valence-electron chi connectivity index (χ3n) is 5.20. The lowest BCUT2D eigenvalue weighted by atomic mass is 10.1. The molecular weight excluding hydrogens is 494 g/mol. The number of anilines is 2. The summed E-state index contributed by atoms with van der Waals surface area (Å²) < 4.78 is 23.1. The minimum Gasteiger partial charge on any atom is -0.339 e. The zero-order valence-corrected chi connectivity index (χ0v) is 20.8. The molecule has 36 heavy (non-hydrogen) atoms. The van der Waals surface area contributed by atoms with Crippen LogP contribution >= 0.6 is 11.8 Å². The monoisotopic (exact) mass is 515 g/mol. The minimum atomic E-state index is -3.84. The van der Waals surface area contributed by atoms with Crippen molar-refractivity contribution in [3.63, 3.8) is 0 Å². The van der Waals surface area contributed by atoms with Gasteiger partial charge in [0, 0.05) is 16.8 Å². The van der Waals surface area contributed by atoms with Crippen molar-refractivity contribution in [3.8, 4) is 17.3 Å². The fraction of sp³-hybridized carbons (Fsp3) is 0.0769. The molecule has 0 aliphatic heterocycles. The van der Waals surface area contributed by atoms with E-state index in [0.717, 1.165) is 11.1 Å². The fourth-order valence-corrected chi connectivity index (χ4v) is 4.58. The summed E-state index contributed by atoms with van der Waals surface area (Å²) in [6.45, 7) is 1.96. The lowest BCUT2D eigenvalue weighted by molar-refractivity contribution is 0.102. The standard InChI is InChI=1S/C26H21N5O3S2/c1-17-7-9-19(10-8-17)24-22(15-27)25(29-20-11-13-21(14-12-20)36(28,33)34)31-26(30-24)35-16-23(32)18-5-3-2-4-6-18/h2-14H,16H2,1H3,(H2,28,33,34)(H,29,30,31). The van der Waals surface area contributed by atoms with Crippen LogP contribution in [0.2, 0.25) is 0 Å². The number of thioether (sulfide) groups is 1. The zero-order valence-electron chi connectivity index (χ0n) is 19.2. The molecule has 0 bridgehead atoms. The van der Waals surface area contributed by atoms with Crippen molar-refractivity contribution in [1.29, 1.82) is 5.26 Å². The zero-order chi connectivity index (χ0) is 25.7. The fourth-order valence-electron chi connectivity index (χ4n) is 3.32. The Balaban J connectivity index is 1.71. The van der Waals surface area contributed by atoms with E-state index in [0.29, 0.717) is 22.1 Å². The summed E-state index contributed by atoms with van der Waals surface area (Å²) in [5, 5.41) is 18.5. The molecule has 0 saturated heterocycles. The number of Topliss-reactive ketones (excluding diaryl/α,β-unsaturated/α-hetero) is 1. The van der Waals surface area contributed by atoms with Crippen molar-refractivity contribution in [2.75, 3.05) is 11.1 Å². The van der Waals surface area contributed by atoms with E-state index in [1.165, 1.54) is 36.0 Å². The summed E-state index contributed by atoms with van der Waals surface area (Å²) >= 11 is 1.17. The number of aryl methyl sites for hydroxylation is 1. The van der Waals surface area contributed by atoms with Crippen LogP contribution in [-0.2, 0) is 10.0 Å². The smallest absolute Gasteiger partial charge is 0.238 e. The molecule has 0 atom stereocenters. The SMILES string of the molecule is Cc1ccc(-c2nc(SCC(=O)c3ccccc3)nc(Nc3ccc(S(N)(=O)=O)cc3)c2C#N)cc1. The first-order chi connectivity index (χ1) is 17.2. The molecule has 0 amide bonds. The lowest BCUT2D eigenvalue weighted by Crippen LogP contribution is -2.12. The third-order valence-corrected chi connectivity index (χ3v) is 6.98. The summed E-state index contributed by atoms with van der Waals surface area (Å²) in [5.74, 6) is 0.283. The average Bonchev–Trinajstić information content (AvgIpc) is 2.88. The number of benzene rings is 3. The van der Waals surface area contributed by atoms with Gasteiger partial charge in [-0.05, 0) is 31.2 Å². The van der Waals surface area contributed by atoms with Crippen molar-refractivity contribution in [2.24, 2.45) is 5.14 Å². The second kappa shape index (κ2) is 10.7. The van der Waals surface area contributed by atoms with Gasteiger partial charge in [0.2, 0.25) is 10.0 Å². The molecule has 0 fully saturated rings. The lowest BCUT2D eigenvalue weighted by Gasteiger charge is -2.13. The van der Waals surface area contributed by atoms with Gasteiger partial charge in [-0.3, -0.25) is 4.79 Å². The van der Waals surface area contributed by atoms with Crippen LogP contribution in [0.15, 0.2) is 88.9 Å². The quantitative estimate of drug-likeness (QED) is 0.196. The van der Waals surface area contributed by atoms with Crippen LogP contribution in [0.1, 0.15) is 21.5 Å². The van der Waals surface area contributed by atoms with Gasteiger partial charge in [0.1, 0.15) is 11.6 Å². The van der Waals surface area contributed by atoms with Gasteiger partial charge in [-0.2, -0.15) is 5.26 Å². The van der Waals surface area contributed by atoms with E-state index >= 15 is 0 Å². The maximum atomic E-state index is 12.6. The average molecular weight is 516 g/mol. The highest BCUT2D eigenvalue weighted by Crippen LogP contribution is 2.31. The summed E-state index contributed by atoms with van der Waals surface area (Å²) in [5.41, 5.74) is 3.51. The van der Waals surface area contributed by atoms with E-state index in [1.807, 2.05) is 37.3 Å². The number of carbonyl (C=O) groups excluding carboxylic acids is 1. The number of nitriles is 1. The van der Waals surface area contributed by atoms with Gasteiger partial charge in [0.05, 0.1) is 16.3 Å². The van der Waals surface area contributed by atoms with Gasteiger partial charge in [-0.1, -0.05) is 71.9 Å². The molecule has 0 saturated carbocycles. The number of ketones is 1. The molecule has 8 nitrogen and oxygen atoms in total. The molecule has 4 rings (SSSR count). The first kappa shape index (κ1) is 25.1. The molecule has 3 aromatic carbocycles. The Morgan fingerprint density at radius 3 is 2.28 bits per heavy atom. The Labute approximate surface area is 213 Å². The normalized spacial score (nSPS) is 11.0. The maximum Gasteiger partial charge on any atom is 0.238 e. The second-order valence-corrected chi connectivity index (χ2v) is 10.3. The summed E-state index contributed by atoms with van der Waals surface area (Å²) in [6.07, 6.45) is 0. The molecule has 180 valence electrons. The van der Waals surface area contributed by atoms with Gasteiger partial charge >= 0.3 is 0 Å². The number of carbonyl (C=O) groups is 1. The molecule has 0 radical (unpaired) electrons. The van der Waals surface area contributed by atoms with E-state index in [1.54, 1.807) is 24.3 Å². The highest BCUT2D eigenvalue weighted by atomic mass is 32.2. The predicted octanol–water partition coefficient (Wildman–Crippen LogP) is 4.69. The van der Waals surface area contributed by atoms with Crippen LogP contribution in [-0.4, -0.2) is 29.9 Å². The number of nitrogens with zero attached hydrogens (tertiary/aromatic N) is 3. The largest absolute Gasteiger partial charge is 0.339 e. The Kier molecular flexibility index (Phi) is 7.45. The number of hydrogen-bond acceptors (Lipinski definition) is 8. The van der Waals surface area contributed by atoms with Crippen molar-refractivity contribution >= 4 is 39.1 Å². The molecule has 3 N–H and O–H groups in total. The summed E-state index contributed by atoms with van der Waals surface area (Å²) in [6, 6.07) is 24.5. The Hall–Kier alpha value is -4.04. The molecule has 10 heteroatoms. The summed E-state index contributed by atoms with van der Waals surface area (Å²) in [4.78, 5) is 21.7. The molecule has 0 aliphatic rings. The highest BCUT2D eigenvalue weighted by molar-refractivity contribution is 7.99. The third kappa shape index (κ3) is 5.95. The number of nitrogens with two attached hydrogens (primary N) is 1. The summed E-state index contributed by atoms with van der Waals surface area (Å²) in [7, 11) is -3.84. The molecular formula is C26H21N5O3S2. The van der Waals surface area contributed by atoms with Crippen molar-refractivity contribution in [1.82, 2.24) is 9.97 Å². The molecule has 0 unspecified atom stereocenters. The maximum absolute atomic E-state index is 12.6. The number of aromatic nitrogens is 2. The Bertz CT molecular complexity index is 1550. The van der Waals surface area contributed by atoms with E-state index in [-0.39, 0.29) is 27.8 Å². The van der Waals surface area contributed by atoms with Crippen LogP contribution in [0.5, 0.6) is 0 Å². The molecule has 1 aromatic heterocycles. The van der Waals surface area contributed by atoms with Crippen LogP contribution in [0.4, 0.5) is 11.5 Å². The first-order valence-corrected chi connectivity index (χ1v) is 13.3. The Morgan fingerprint density at radius 1 is 1.00 bits per heavy atom. The van der Waals surface area contributed by atoms with E-state index in [9.17, 15) is 18.5 Å². The van der Waals surface area contributed by atoms with E-state index in [4.69, 9.17) is 5.14 Å². The van der Waals surface area contributed by atoms with Gasteiger partial charge in [0.25, 0.3) is 0 Å². The van der Waals surface area contributed by atoms with Crippen LogP contribution < -0.4 is 10.5 Å². The van der Waals surface area contributed by atoms with Gasteiger partial charge in [-0.15, -0.1) is 0 Å². The highest BCUT2D eigenvalue weighted by Gasteiger charge is 2.18. The topological polar surface area (TPSA) is 139 Å². The van der Waals surface area contributed by atoms with E-state index in [2.05, 4.69) is 21.4 Å². The molecule has 0 aliphatic carbocycles. The first-order valence-electron chi connectivity index (χ1n) is 10.7. The van der Waals surface area contributed by atoms with Crippen molar-refractivity contribution in [2.45, 2.75) is 17.0 Å². The van der Waals surface area contributed by atoms with Crippen molar-refractivity contribution in [3.05, 3.63) is 95.6 Å². The predicted molar refractivity (Wildman–Crippen MR) is 140 cm³/mol. The molecule has 1 heterocycles. The number of sulfonamides is 1. The van der Waals surface area contributed by atoms with Crippen LogP contribution in [0.25, 0.3) is 11.3 Å². The number of hydrogen-bond donors (Lipinski definition) is 2. The van der Waals surface area contributed by atoms with Gasteiger partial charge < -0.3 is 5.32 Å². The molecule has 0 spiro atoms. The van der Waals surface area contributed by atoms with Crippen molar-refractivity contribution < 1.29 is 13.2 Å². The van der Waals surface area contributed by atoms with Crippen LogP contribution in [0, 0.1) is 18.3 Å². The van der Waals surface area contributed by atoms with E-state index < -0.39 is 10.0 Å². The van der Waals surface area contributed by atoms with Gasteiger partial charge in [-0.25, -0.2) is 23.5 Å². The van der Waals surface area contributed by atoms with Crippen LogP contribution in [0.3, 0.4) is 0 Å². The Morgan fingerprint density at radius 2 is 1.67 bits per heavy atom. The number of primary sulfonamides is 1. The minimum absolute atomic E-state index is 0.0349. The second-order valence-electron chi connectivity index (χ2n) is 7.83. The molecule has 4 aromatic rings. The van der Waals surface area contributed by atoms with Gasteiger partial charge in [0.15, 0.2) is 16.8 Å². The number of rotatable bonds is 8. The number of nitrogens with one attached hydrogen (secondary N) is 1.